The fourth-order valence-corrected chi connectivity index (χ4v) is 5.99. The van der Waals surface area contributed by atoms with E-state index in [0.717, 1.165) is 22.4 Å². The Morgan fingerprint density at radius 3 is 2.56 bits per heavy atom. The van der Waals surface area contributed by atoms with Crippen molar-refractivity contribution in [2.24, 2.45) is 0 Å². The average Bonchev–Trinajstić information content (AvgIpc) is 3.34. The van der Waals surface area contributed by atoms with Crippen molar-refractivity contribution in [1.82, 2.24) is 4.90 Å². The second-order valence-corrected chi connectivity index (χ2v) is 9.64. The summed E-state index contributed by atoms with van der Waals surface area (Å²) in [5.41, 5.74) is 4.59. The predicted octanol–water partition coefficient (Wildman–Crippen LogP) is 5.63. The maximum absolute atomic E-state index is 14.0. The van der Waals surface area contributed by atoms with E-state index in [2.05, 4.69) is 5.32 Å². The van der Waals surface area contributed by atoms with E-state index >= 15 is 0 Å². The van der Waals surface area contributed by atoms with E-state index in [1.807, 2.05) is 60.4 Å². The van der Waals surface area contributed by atoms with Crippen molar-refractivity contribution in [3.05, 3.63) is 94.5 Å². The van der Waals surface area contributed by atoms with Crippen LogP contribution in [0.1, 0.15) is 16.7 Å². The Kier molecular flexibility index (Phi) is 5.35. The topological polar surface area (TPSA) is 52.7 Å². The highest BCUT2D eigenvalue weighted by Crippen LogP contribution is 2.54. The maximum Gasteiger partial charge on any atom is 0.323 e. The fraction of sp³-hybridized carbons (Fsp3) is 0.200. The Labute approximate surface area is 196 Å². The molecular weight excluding hydrogens is 442 g/mol. The van der Waals surface area contributed by atoms with Gasteiger partial charge < -0.3 is 10.2 Å². The molecule has 0 radical (unpaired) electrons. The molecule has 3 aromatic carbocycles. The van der Waals surface area contributed by atoms with E-state index < -0.39 is 4.87 Å². The number of thioether (sulfide) groups is 1. The second kappa shape index (κ2) is 8.19. The Balaban J connectivity index is 1.51. The van der Waals surface area contributed by atoms with Gasteiger partial charge in [0.1, 0.15) is 0 Å². The molecule has 7 heteroatoms. The molecule has 1 unspecified atom stereocenters. The van der Waals surface area contributed by atoms with Crippen LogP contribution < -0.4 is 10.2 Å². The van der Waals surface area contributed by atoms with E-state index in [1.54, 1.807) is 29.2 Å². The van der Waals surface area contributed by atoms with Crippen LogP contribution in [0.25, 0.3) is 0 Å². The summed E-state index contributed by atoms with van der Waals surface area (Å²) in [6, 6.07) is 22.5. The predicted molar refractivity (Wildman–Crippen MR) is 130 cm³/mol. The van der Waals surface area contributed by atoms with Gasteiger partial charge in [-0.15, -0.1) is 11.8 Å². The smallest absolute Gasteiger partial charge is 0.308 e. The average molecular weight is 464 g/mol. The molecule has 2 aliphatic heterocycles. The van der Waals surface area contributed by atoms with Crippen molar-refractivity contribution in [3.63, 3.8) is 0 Å². The molecule has 1 fully saturated rings. The van der Waals surface area contributed by atoms with Crippen LogP contribution in [-0.4, -0.2) is 29.1 Å². The first-order valence-electron chi connectivity index (χ1n) is 10.4. The molecule has 1 N–H and O–H groups in total. The highest BCUT2D eigenvalue weighted by Gasteiger charge is 2.59. The van der Waals surface area contributed by atoms with Crippen LogP contribution in [0.5, 0.6) is 0 Å². The van der Waals surface area contributed by atoms with Crippen LogP contribution in [0.4, 0.5) is 16.2 Å². The molecule has 2 heterocycles. The number of carbonyl (C=O) groups excluding carboxylic acids is 2. The van der Waals surface area contributed by atoms with Gasteiger partial charge in [-0.25, -0.2) is 4.79 Å². The minimum atomic E-state index is -1.06. The Bertz CT molecular complexity index is 1200. The van der Waals surface area contributed by atoms with E-state index in [4.69, 9.17) is 11.6 Å². The molecule has 1 saturated heterocycles. The van der Waals surface area contributed by atoms with Gasteiger partial charge in [0, 0.05) is 28.6 Å². The Hall–Kier alpha value is -2.96. The van der Waals surface area contributed by atoms with Gasteiger partial charge in [-0.2, -0.15) is 0 Å². The summed E-state index contributed by atoms with van der Waals surface area (Å²) >= 11 is 7.49. The maximum atomic E-state index is 14.0. The number of nitrogens with zero attached hydrogens (tertiary/aromatic N) is 2. The van der Waals surface area contributed by atoms with Crippen LogP contribution >= 0.6 is 23.4 Å². The number of nitrogens with one attached hydrogen (secondary N) is 1. The first-order valence-corrected chi connectivity index (χ1v) is 11.8. The highest BCUT2D eigenvalue weighted by atomic mass is 35.5. The summed E-state index contributed by atoms with van der Waals surface area (Å²) in [5, 5.41) is 3.53. The van der Waals surface area contributed by atoms with Crippen molar-refractivity contribution < 1.29 is 9.59 Å². The second-order valence-electron chi connectivity index (χ2n) is 7.92. The van der Waals surface area contributed by atoms with Crippen LogP contribution in [0.3, 0.4) is 0 Å². The number of halogens is 1. The van der Waals surface area contributed by atoms with Crippen molar-refractivity contribution in [2.75, 3.05) is 22.5 Å². The zero-order chi connectivity index (χ0) is 22.3. The van der Waals surface area contributed by atoms with E-state index in [-0.39, 0.29) is 11.9 Å². The molecule has 5 rings (SSSR count). The molecule has 3 aromatic rings. The molecule has 1 spiro atoms. The summed E-state index contributed by atoms with van der Waals surface area (Å²) in [5.74, 6) is 0.613. The monoisotopic (exact) mass is 463 g/mol. The van der Waals surface area contributed by atoms with Crippen LogP contribution in [0.15, 0.2) is 72.8 Å². The molecular formula is C25H22ClN3O2S. The summed E-state index contributed by atoms with van der Waals surface area (Å²) in [4.78, 5) is 29.7. The molecule has 3 amide bonds. The molecule has 0 saturated carbocycles. The van der Waals surface area contributed by atoms with Gasteiger partial charge in [0.05, 0.1) is 12.2 Å². The number of hydrogen-bond donors (Lipinski definition) is 1. The largest absolute Gasteiger partial charge is 0.323 e. The first kappa shape index (κ1) is 20.9. The van der Waals surface area contributed by atoms with Crippen molar-refractivity contribution in [3.8, 4) is 0 Å². The van der Waals surface area contributed by atoms with Crippen LogP contribution in [0.2, 0.25) is 5.02 Å². The quantitative estimate of drug-likeness (QED) is 0.547. The number of aryl methyl sites for hydroxylation is 1. The van der Waals surface area contributed by atoms with Crippen molar-refractivity contribution >= 4 is 46.7 Å². The third-order valence-electron chi connectivity index (χ3n) is 6.03. The molecule has 32 heavy (non-hydrogen) atoms. The minimum absolute atomic E-state index is 0.0734. The standard InChI is InChI=1S/C25H22ClN3O2S/c1-17-6-2-3-7-18(17)16-28-22-9-5-4-8-21(22)25(23(28)30)29(14-15-32-25)24(31)27-20-12-10-19(26)11-13-20/h2-13H,14-16H2,1H3,(H,27,31). The zero-order valence-electron chi connectivity index (χ0n) is 17.5. The lowest BCUT2D eigenvalue weighted by atomic mass is 10.1. The third kappa shape index (κ3) is 3.34. The Morgan fingerprint density at radius 2 is 1.78 bits per heavy atom. The highest BCUT2D eigenvalue weighted by molar-refractivity contribution is 8.01. The third-order valence-corrected chi connectivity index (χ3v) is 7.70. The lowest BCUT2D eigenvalue weighted by Gasteiger charge is -2.33. The van der Waals surface area contributed by atoms with Gasteiger partial charge in [-0.3, -0.25) is 9.69 Å². The molecule has 2 aliphatic rings. The van der Waals surface area contributed by atoms with Gasteiger partial charge in [0.25, 0.3) is 5.91 Å². The number of para-hydroxylation sites is 1. The number of anilines is 2. The van der Waals surface area contributed by atoms with Crippen LogP contribution in [-0.2, 0) is 16.2 Å². The summed E-state index contributed by atoms with van der Waals surface area (Å²) in [7, 11) is 0. The van der Waals surface area contributed by atoms with Gasteiger partial charge in [-0.1, -0.05) is 54.1 Å². The van der Waals surface area contributed by atoms with Crippen molar-refractivity contribution in [2.45, 2.75) is 18.3 Å². The molecule has 1 atom stereocenters. The fourth-order valence-electron chi connectivity index (χ4n) is 4.41. The van der Waals surface area contributed by atoms with E-state index in [0.29, 0.717) is 29.6 Å². The summed E-state index contributed by atoms with van der Waals surface area (Å²) in [6.07, 6.45) is 0. The van der Waals surface area contributed by atoms with Crippen LogP contribution in [0, 0.1) is 6.92 Å². The normalized spacial score (nSPS) is 19.5. The SMILES string of the molecule is Cc1ccccc1CN1C(=O)C2(SCCN2C(=O)Nc2ccc(Cl)cc2)c2ccccc21. The lowest BCUT2D eigenvalue weighted by molar-refractivity contribution is -0.123. The number of rotatable bonds is 3. The van der Waals surface area contributed by atoms with E-state index in [9.17, 15) is 9.59 Å². The molecule has 162 valence electrons. The number of carbonyl (C=O) groups is 2. The minimum Gasteiger partial charge on any atom is -0.308 e. The lowest BCUT2D eigenvalue weighted by Crippen LogP contribution is -2.51. The van der Waals surface area contributed by atoms with E-state index in [1.165, 1.54) is 11.8 Å². The summed E-state index contributed by atoms with van der Waals surface area (Å²) in [6.45, 7) is 3.01. The number of benzene rings is 3. The van der Waals surface area contributed by atoms with Gasteiger partial charge >= 0.3 is 6.03 Å². The molecule has 0 aliphatic carbocycles. The molecule has 0 aromatic heterocycles. The summed E-state index contributed by atoms with van der Waals surface area (Å²) < 4.78 is 0. The van der Waals surface area contributed by atoms with Gasteiger partial charge in [0.15, 0.2) is 4.87 Å². The van der Waals surface area contributed by atoms with Gasteiger partial charge in [-0.05, 0) is 48.4 Å². The number of amides is 3. The number of fused-ring (bicyclic) bond motifs is 2. The first-order chi connectivity index (χ1) is 15.5. The number of urea groups is 1. The van der Waals surface area contributed by atoms with Crippen molar-refractivity contribution in [1.29, 1.82) is 0 Å². The molecule has 5 nitrogen and oxygen atoms in total. The zero-order valence-corrected chi connectivity index (χ0v) is 19.1. The molecule has 0 bridgehead atoms. The number of hydrogen-bond acceptors (Lipinski definition) is 3. The van der Waals surface area contributed by atoms with Gasteiger partial charge in [0.2, 0.25) is 0 Å². The Morgan fingerprint density at radius 1 is 1.06 bits per heavy atom.